The van der Waals surface area contributed by atoms with Crippen molar-refractivity contribution in [1.82, 2.24) is 5.32 Å². The Morgan fingerprint density at radius 2 is 1.46 bits per heavy atom. The second-order valence-corrected chi connectivity index (χ2v) is 9.64. The van der Waals surface area contributed by atoms with Gasteiger partial charge in [0, 0.05) is 31.1 Å². The van der Waals surface area contributed by atoms with Crippen LogP contribution in [0.2, 0.25) is 0 Å². The van der Waals surface area contributed by atoms with E-state index in [0.29, 0.717) is 24.0 Å². The van der Waals surface area contributed by atoms with Crippen LogP contribution in [0.25, 0.3) is 11.1 Å². The molecule has 1 fully saturated rings. The molecule has 3 aromatic carbocycles. The van der Waals surface area contributed by atoms with Crippen molar-refractivity contribution >= 4 is 23.5 Å². The van der Waals surface area contributed by atoms with E-state index in [2.05, 4.69) is 22.8 Å². The zero-order valence-electron chi connectivity index (χ0n) is 21.2. The van der Waals surface area contributed by atoms with Crippen molar-refractivity contribution in [3.8, 4) is 11.1 Å². The first-order valence-corrected chi connectivity index (χ1v) is 12.9. The van der Waals surface area contributed by atoms with Crippen LogP contribution in [0.4, 0.5) is 5.69 Å². The van der Waals surface area contributed by atoms with Crippen LogP contribution in [0.1, 0.15) is 60.9 Å². The molecular weight excluding hydrogens is 464 g/mol. The number of carbonyl (C=O) groups excluding carboxylic acids is 3. The first-order valence-electron chi connectivity index (χ1n) is 12.9. The summed E-state index contributed by atoms with van der Waals surface area (Å²) < 4.78 is 5.16. The fraction of sp³-hybridized carbons (Fsp3) is 0.323. The Hall–Kier alpha value is -3.93. The number of ether oxygens (including phenoxy) is 1. The van der Waals surface area contributed by atoms with Crippen LogP contribution in [0.5, 0.6) is 0 Å². The first-order chi connectivity index (χ1) is 18.0. The zero-order chi connectivity index (χ0) is 26.0. The van der Waals surface area contributed by atoms with Crippen molar-refractivity contribution in [2.45, 2.75) is 44.9 Å². The van der Waals surface area contributed by atoms with Gasteiger partial charge in [0.1, 0.15) is 0 Å². The van der Waals surface area contributed by atoms with E-state index in [-0.39, 0.29) is 30.7 Å². The second-order valence-electron chi connectivity index (χ2n) is 9.64. The Morgan fingerprint density at radius 1 is 0.811 bits per heavy atom. The van der Waals surface area contributed by atoms with Gasteiger partial charge in [-0.2, -0.15) is 0 Å². The fourth-order valence-corrected chi connectivity index (χ4v) is 4.80. The van der Waals surface area contributed by atoms with Crippen molar-refractivity contribution in [1.29, 1.82) is 0 Å². The third kappa shape index (κ3) is 7.78. The van der Waals surface area contributed by atoms with E-state index >= 15 is 0 Å². The van der Waals surface area contributed by atoms with Crippen molar-refractivity contribution in [2.75, 3.05) is 18.5 Å². The lowest BCUT2D eigenvalue weighted by molar-refractivity contribution is -0.142. The molecule has 1 aliphatic carbocycles. The predicted molar refractivity (Wildman–Crippen MR) is 145 cm³/mol. The smallest absolute Gasteiger partial charge is 0.302 e. The zero-order valence-corrected chi connectivity index (χ0v) is 21.2. The van der Waals surface area contributed by atoms with E-state index in [1.165, 1.54) is 12.5 Å². The summed E-state index contributed by atoms with van der Waals surface area (Å²) in [5.41, 5.74) is 4.74. The summed E-state index contributed by atoms with van der Waals surface area (Å²) in [6.07, 6.45) is 4.46. The highest BCUT2D eigenvalue weighted by Gasteiger charge is 2.23. The molecule has 3 aromatic rings. The molecule has 6 heteroatoms. The molecule has 0 spiro atoms. The van der Waals surface area contributed by atoms with E-state index in [0.717, 1.165) is 42.5 Å². The van der Waals surface area contributed by atoms with Crippen LogP contribution < -0.4 is 10.6 Å². The molecular formula is C31H34N2O4. The normalized spacial score (nSPS) is 17.0. The quantitative estimate of drug-likeness (QED) is 0.357. The molecule has 0 atom stereocenters. The summed E-state index contributed by atoms with van der Waals surface area (Å²) in [4.78, 5) is 35.8. The van der Waals surface area contributed by atoms with Gasteiger partial charge in [-0.15, -0.1) is 0 Å². The topological polar surface area (TPSA) is 84.5 Å². The van der Waals surface area contributed by atoms with Gasteiger partial charge in [-0.3, -0.25) is 14.4 Å². The largest absolute Gasteiger partial charge is 0.466 e. The van der Waals surface area contributed by atoms with E-state index < -0.39 is 0 Å². The number of esters is 1. The number of nitrogens with one attached hydrogen (secondary N) is 2. The van der Waals surface area contributed by atoms with Gasteiger partial charge in [-0.1, -0.05) is 54.6 Å². The Kier molecular flexibility index (Phi) is 9.08. The van der Waals surface area contributed by atoms with Crippen LogP contribution in [0, 0.1) is 5.92 Å². The molecule has 1 aliphatic rings. The molecule has 0 saturated heterocycles. The molecule has 6 nitrogen and oxygen atoms in total. The van der Waals surface area contributed by atoms with Gasteiger partial charge in [0.25, 0.3) is 5.91 Å². The van der Waals surface area contributed by atoms with E-state index in [9.17, 15) is 14.4 Å². The summed E-state index contributed by atoms with van der Waals surface area (Å²) in [6.45, 7) is 2.24. The molecule has 0 bridgehead atoms. The lowest BCUT2D eigenvalue weighted by Gasteiger charge is -2.28. The Bertz CT molecular complexity index is 1180. The maximum atomic E-state index is 12.4. The van der Waals surface area contributed by atoms with Crippen LogP contribution in [-0.2, 0) is 14.3 Å². The lowest BCUT2D eigenvalue weighted by atomic mass is 9.79. The maximum Gasteiger partial charge on any atom is 0.302 e. The highest BCUT2D eigenvalue weighted by atomic mass is 16.5. The third-order valence-corrected chi connectivity index (χ3v) is 6.93. The van der Waals surface area contributed by atoms with E-state index in [1.54, 1.807) is 12.1 Å². The molecule has 2 amide bonds. The van der Waals surface area contributed by atoms with Gasteiger partial charge in [0.05, 0.1) is 6.61 Å². The highest BCUT2D eigenvalue weighted by molar-refractivity contribution is 5.95. The molecule has 0 radical (unpaired) electrons. The molecule has 1 saturated carbocycles. The Labute approximate surface area is 218 Å². The number of amides is 2. The van der Waals surface area contributed by atoms with Gasteiger partial charge in [0.15, 0.2) is 0 Å². The van der Waals surface area contributed by atoms with Crippen LogP contribution in [-0.4, -0.2) is 30.9 Å². The summed E-state index contributed by atoms with van der Waals surface area (Å²) in [5.74, 6) is 0.400. The minimum Gasteiger partial charge on any atom is -0.466 e. The van der Waals surface area contributed by atoms with Crippen molar-refractivity contribution in [2.24, 2.45) is 5.92 Å². The number of anilines is 1. The SMILES string of the molecule is CC(=O)OC[C@H]1CC[C@H](c2ccc(NC(=O)CCNC(=O)c3ccc(-c4ccccc4)cc3)cc2)CC1. The number of hydrogen-bond donors (Lipinski definition) is 2. The van der Waals surface area contributed by atoms with Gasteiger partial charge >= 0.3 is 5.97 Å². The molecule has 192 valence electrons. The Morgan fingerprint density at radius 3 is 2.11 bits per heavy atom. The molecule has 0 heterocycles. The third-order valence-electron chi connectivity index (χ3n) is 6.93. The van der Waals surface area contributed by atoms with Gasteiger partial charge in [-0.25, -0.2) is 0 Å². The van der Waals surface area contributed by atoms with E-state index in [1.807, 2.05) is 54.6 Å². The fourth-order valence-electron chi connectivity index (χ4n) is 4.80. The van der Waals surface area contributed by atoms with Crippen LogP contribution in [0.15, 0.2) is 78.9 Å². The summed E-state index contributed by atoms with van der Waals surface area (Å²) in [6, 6.07) is 25.5. The van der Waals surface area contributed by atoms with Gasteiger partial charge in [-0.05, 0) is 78.5 Å². The van der Waals surface area contributed by atoms with Crippen LogP contribution in [0.3, 0.4) is 0 Å². The van der Waals surface area contributed by atoms with Crippen molar-refractivity contribution in [3.63, 3.8) is 0 Å². The number of rotatable bonds is 9. The number of carbonyl (C=O) groups is 3. The predicted octanol–water partition coefficient (Wildman–Crippen LogP) is 5.95. The van der Waals surface area contributed by atoms with Crippen molar-refractivity contribution in [3.05, 3.63) is 90.0 Å². The average Bonchev–Trinajstić information content (AvgIpc) is 2.93. The number of hydrogen-bond acceptors (Lipinski definition) is 4. The van der Waals surface area contributed by atoms with E-state index in [4.69, 9.17) is 4.74 Å². The summed E-state index contributed by atoms with van der Waals surface area (Å²) in [5, 5.41) is 5.73. The highest BCUT2D eigenvalue weighted by Crippen LogP contribution is 2.36. The average molecular weight is 499 g/mol. The summed E-state index contributed by atoms with van der Waals surface area (Å²) >= 11 is 0. The van der Waals surface area contributed by atoms with Gasteiger partial charge < -0.3 is 15.4 Å². The summed E-state index contributed by atoms with van der Waals surface area (Å²) in [7, 11) is 0. The number of benzene rings is 3. The van der Waals surface area contributed by atoms with Crippen LogP contribution >= 0.6 is 0 Å². The minimum atomic E-state index is -0.212. The molecule has 0 aliphatic heterocycles. The molecule has 4 rings (SSSR count). The molecule has 37 heavy (non-hydrogen) atoms. The molecule has 0 unspecified atom stereocenters. The van der Waals surface area contributed by atoms with Crippen molar-refractivity contribution < 1.29 is 19.1 Å². The standard InChI is InChI=1S/C31H34N2O4/c1-22(34)37-21-23-7-9-25(10-8-23)27-15-17-29(18-16-27)33-30(35)19-20-32-31(36)28-13-11-26(12-14-28)24-5-3-2-4-6-24/h2-6,11-18,23,25H,7-10,19-21H2,1H3,(H,32,36)(H,33,35)/t23-,25-. The van der Waals surface area contributed by atoms with Gasteiger partial charge in [0.2, 0.25) is 5.91 Å². The maximum absolute atomic E-state index is 12.4. The first kappa shape index (κ1) is 26.1. The monoisotopic (exact) mass is 498 g/mol. The Balaban J connectivity index is 1.17. The second kappa shape index (κ2) is 12.9. The lowest BCUT2D eigenvalue weighted by Crippen LogP contribution is -2.27. The minimum absolute atomic E-state index is 0.140. The molecule has 0 aromatic heterocycles. The molecule has 2 N–H and O–H groups in total.